The van der Waals surface area contributed by atoms with E-state index in [9.17, 15) is 14.9 Å². The van der Waals surface area contributed by atoms with E-state index >= 15 is 0 Å². The van der Waals surface area contributed by atoms with E-state index in [4.69, 9.17) is 9.84 Å². The summed E-state index contributed by atoms with van der Waals surface area (Å²) in [6, 6.07) is 4.40. The van der Waals surface area contributed by atoms with E-state index in [1.165, 1.54) is 12.1 Å². The van der Waals surface area contributed by atoms with Crippen LogP contribution >= 0.6 is 0 Å². The van der Waals surface area contributed by atoms with Crippen molar-refractivity contribution in [1.82, 2.24) is 9.97 Å². The molecule has 2 rings (SSSR count). The molecule has 0 amide bonds. The number of hydrogen-bond acceptors (Lipinski definition) is 6. The van der Waals surface area contributed by atoms with E-state index in [-0.39, 0.29) is 23.0 Å². The third kappa shape index (κ3) is 2.69. The number of nitro groups is 1. The lowest BCUT2D eigenvalue weighted by molar-refractivity contribution is -0.385. The number of carboxylic acids is 1. The normalized spacial score (nSPS) is 10.1. The zero-order chi connectivity index (χ0) is 14.7. The molecule has 0 aliphatic heterocycles. The molecular weight excluding hydrogens is 266 g/mol. The van der Waals surface area contributed by atoms with Crippen molar-refractivity contribution in [3.8, 4) is 11.6 Å². The molecule has 0 bridgehead atoms. The Morgan fingerprint density at radius 1 is 1.35 bits per heavy atom. The second-order valence-corrected chi connectivity index (χ2v) is 3.80. The van der Waals surface area contributed by atoms with Gasteiger partial charge in [0, 0.05) is 6.07 Å². The Kier molecular flexibility index (Phi) is 3.56. The number of carboxylic acid groups (broad SMARTS) is 1. The van der Waals surface area contributed by atoms with E-state index in [0.717, 1.165) is 12.4 Å². The van der Waals surface area contributed by atoms with Gasteiger partial charge in [0.15, 0.2) is 5.69 Å². The maximum Gasteiger partial charge on any atom is 0.356 e. The van der Waals surface area contributed by atoms with Crippen molar-refractivity contribution in [3.63, 3.8) is 0 Å². The zero-order valence-electron chi connectivity index (χ0n) is 10.3. The van der Waals surface area contributed by atoms with E-state index in [1.54, 1.807) is 13.0 Å². The lowest BCUT2D eigenvalue weighted by Crippen LogP contribution is -2.01. The molecule has 102 valence electrons. The highest BCUT2D eigenvalue weighted by Gasteiger charge is 2.15. The molecule has 0 fully saturated rings. The summed E-state index contributed by atoms with van der Waals surface area (Å²) in [7, 11) is 0. The van der Waals surface area contributed by atoms with Crippen LogP contribution in [0.5, 0.6) is 11.6 Å². The zero-order valence-corrected chi connectivity index (χ0v) is 10.3. The summed E-state index contributed by atoms with van der Waals surface area (Å²) in [6.45, 7) is 1.55. The number of aromatic nitrogens is 2. The first-order valence-electron chi connectivity index (χ1n) is 5.46. The van der Waals surface area contributed by atoms with Crippen LogP contribution in [0, 0.1) is 17.0 Å². The average Bonchev–Trinajstić information content (AvgIpc) is 2.41. The lowest BCUT2D eigenvalue weighted by atomic mass is 10.2. The number of nitro benzene ring substituents is 1. The molecule has 20 heavy (non-hydrogen) atoms. The molecule has 0 radical (unpaired) electrons. The molecule has 1 heterocycles. The first-order chi connectivity index (χ1) is 9.49. The van der Waals surface area contributed by atoms with Gasteiger partial charge in [-0.25, -0.2) is 14.8 Å². The van der Waals surface area contributed by atoms with Crippen LogP contribution in [-0.4, -0.2) is 26.0 Å². The summed E-state index contributed by atoms with van der Waals surface area (Å²) in [5.41, 5.74) is 0.0624. The minimum absolute atomic E-state index is 0.0543. The molecule has 0 spiro atoms. The summed E-state index contributed by atoms with van der Waals surface area (Å²) in [6.07, 6.45) is 2.19. The van der Waals surface area contributed by atoms with E-state index < -0.39 is 10.9 Å². The number of carbonyl (C=O) groups is 1. The van der Waals surface area contributed by atoms with Gasteiger partial charge in [0.2, 0.25) is 5.88 Å². The van der Waals surface area contributed by atoms with Gasteiger partial charge < -0.3 is 9.84 Å². The molecule has 1 aromatic carbocycles. The summed E-state index contributed by atoms with van der Waals surface area (Å²) < 4.78 is 5.36. The third-order valence-corrected chi connectivity index (χ3v) is 2.51. The van der Waals surface area contributed by atoms with Gasteiger partial charge in [-0.3, -0.25) is 10.1 Å². The molecule has 0 unspecified atom stereocenters. The highest BCUT2D eigenvalue weighted by Crippen LogP contribution is 2.29. The van der Waals surface area contributed by atoms with E-state index in [0.29, 0.717) is 5.56 Å². The average molecular weight is 275 g/mol. The Labute approximate surface area is 112 Å². The fourth-order valence-corrected chi connectivity index (χ4v) is 1.50. The molecule has 1 aromatic heterocycles. The van der Waals surface area contributed by atoms with Crippen LogP contribution in [0.1, 0.15) is 16.1 Å². The second kappa shape index (κ2) is 5.31. The van der Waals surface area contributed by atoms with Crippen molar-refractivity contribution in [2.75, 3.05) is 0 Å². The van der Waals surface area contributed by atoms with Crippen molar-refractivity contribution >= 4 is 11.7 Å². The highest BCUT2D eigenvalue weighted by molar-refractivity contribution is 5.84. The smallest absolute Gasteiger partial charge is 0.356 e. The van der Waals surface area contributed by atoms with Crippen molar-refractivity contribution in [2.24, 2.45) is 0 Å². The Hall–Kier alpha value is -3.03. The molecule has 0 saturated carbocycles. The van der Waals surface area contributed by atoms with Gasteiger partial charge in [0.05, 0.1) is 22.9 Å². The number of ether oxygens (including phenoxy) is 1. The Morgan fingerprint density at radius 3 is 2.65 bits per heavy atom. The number of benzene rings is 1. The van der Waals surface area contributed by atoms with Crippen LogP contribution in [-0.2, 0) is 0 Å². The molecule has 0 aliphatic carbocycles. The first-order valence-corrected chi connectivity index (χ1v) is 5.46. The van der Waals surface area contributed by atoms with Gasteiger partial charge in [-0.1, -0.05) is 6.07 Å². The molecule has 8 nitrogen and oxygen atoms in total. The minimum Gasteiger partial charge on any atom is -0.476 e. The SMILES string of the molecule is Cc1c(Oc2cnc(C(=O)O)cn2)cccc1[N+](=O)[O-]. The Bertz CT molecular complexity index is 669. The summed E-state index contributed by atoms with van der Waals surface area (Å²) in [5, 5.41) is 19.5. The van der Waals surface area contributed by atoms with Gasteiger partial charge in [-0.15, -0.1) is 0 Å². The maximum absolute atomic E-state index is 10.8. The summed E-state index contributed by atoms with van der Waals surface area (Å²) in [5.74, 6) is -0.884. The number of hydrogen-bond donors (Lipinski definition) is 1. The molecule has 8 heteroatoms. The Morgan fingerprint density at radius 2 is 2.10 bits per heavy atom. The molecular formula is C12H9N3O5. The van der Waals surface area contributed by atoms with Gasteiger partial charge >= 0.3 is 5.97 Å². The maximum atomic E-state index is 10.8. The molecule has 0 atom stereocenters. The summed E-state index contributed by atoms with van der Waals surface area (Å²) >= 11 is 0. The van der Waals surface area contributed by atoms with Crippen molar-refractivity contribution < 1.29 is 19.6 Å². The fraction of sp³-hybridized carbons (Fsp3) is 0.0833. The van der Waals surface area contributed by atoms with Crippen molar-refractivity contribution in [1.29, 1.82) is 0 Å². The van der Waals surface area contributed by atoms with Gasteiger partial charge in [0.1, 0.15) is 5.75 Å². The van der Waals surface area contributed by atoms with Crippen LogP contribution in [0.4, 0.5) is 5.69 Å². The number of nitrogens with zero attached hydrogens (tertiary/aromatic N) is 3. The van der Waals surface area contributed by atoms with Crippen LogP contribution in [0.15, 0.2) is 30.6 Å². The quantitative estimate of drug-likeness (QED) is 0.671. The Balaban J connectivity index is 2.28. The van der Waals surface area contributed by atoms with Crippen LogP contribution in [0.2, 0.25) is 0 Å². The number of aromatic carboxylic acids is 1. The standard InChI is InChI=1S/C12H9N3O5/c1-7-9(15(18)19)3-2-4-10(7)20-11-6-13-8(5-14-11)12(16)17/h2-6H,1H3,(H,16,17). The minimum atomic E-state index is -1.20. The van der Waals surface area contributed by atoms with E-state index in [2.05, 4.69) is 9.97 Å². The first kappa shape index (κ1) is 13.4. The number of rotatable bonds is 4. The predicted molar refractivity (Wildman–Crippen MR) is 66.9 cm³/mol. The highest BCUT2D eigenvalue weighted by atomic mass is 16.6. The molecule has 0 aliphatic rings. The largest absolute Gasteiger partial charge is 0.476 e. The topological polar surface area (TPSA) is 115 Å². The fourth-order valence-electron chi connectivity index (χ4n) is 1.50. The molecule has 1 N–H and O–H groups in total. The molecule has 2 aromatic rings. The van der Waals surface area contributed by atoms with Crippen molar-refractivity contribution in [2.45, 2.75) is 6.92 Å². The summed E-state index contributed by atoms with van der Waals surface area (Å²) in [4.78, 5) is 28.3. The third-order valence-electron chi connectivity index (χ3n) is 2.51. The van der Waals surface area contributed by atoms with Crippen molar-refractivity contribution in [3.05, 3.63) is 52.0 Å². The molecule has 0 saturated heterocycles. The van der Waals surface area contributed by atoms with Gasteiger partial charge in [0.25, 0.3) is 5.69 Å². The monoisotopic (exact) mass is 275 g/mol. The van der Waals surface area contributed by atoms with Crippen LogP contribution < -0.4 is 4.74 Å². The lowest BCUT2D eigenvalue weighted by Gasteiger charge is -2.07. The van der Waals surface area contributed by atoms with Crippen LogP contribution in [0.3, 0.4) is 0 Å². The van der Waals surface area contributed by atoms with Gasteiger partial charge in [-0.05, 0) is 13.0 Å². The van der Waals surface area contributed by atoms with Gasteiger partial charge in [-0.2, -0.15) is 0 Å². The van der Waals surface area contributed by atoms with E-state index in [1.807, 2.05) is 0 Å². The van der Waals surface area contributed by atoms with Crippen LogP contribution in [0.25, 0.3) is 0 Å². The predicted octanol–water partition coefficient (Wildman–Crippen LogP) is 2.18. The second-order valence-electron chi connectivity index (χ2n) is 3.80.